The summed E-state index contributed by atoms with van der Waals surface area (Å²) in [6.07, 6.45) is 1.59. The van der Waals surface area contributed by atoms with Crippen LogP contribution in [0.1, 0.15) is 18.5 Å². The number of carbonyl (C=O) groups is 1. The molecule has 3 aromatic rings. The molecule has 5 rings (SSSR count). The van der Waals surface area contributed by atoms with E-state index < -0.39 is 17.9 Å². The first-order valence-electron chi connectivity index (χ1n) is 10.5. The third-order valence-corrected chi connectivity index (χ3v) is 5.66. The minimum Gasteiger partial charge on any atom is -0.478 e. The van der Waals surface area contributed by atoms with Crippen LogP contribution in [0.15, 0.2) is 36.7 Å². The molecule has 7 nitrogen and oxygen atoms in total. The predicted molar refractivity (Wildman–Crippen MR) is 114 cm³/mol. The number of benzene rings is 1. The lowest BCUT2D eigenvalue weighted by molar-refractivity contribution is -0.131. The van der Waals surface area contributed by atoms with Crippen LogP contribution in [0, 0.1) is 23.6 Å². The number of para-hydroxylation sites is 1. The molecule has 2 aromatic heterocycles. The van der Waals surface area contributed by atoms with E-state index in [-0.39, 0.29) is 24.3 Å². The highest BCUT2D eigenvalue weighted by atomic mass is 19.1. The van der Waals surface area contributed by atoms with Crippen molar-refractivity contribution in [1.82, 2.24) is 19.9 Å². The van der Waals surface area contributed by atoms with Crippen LogP contribution in [-0.4, -0.2) is 57.7 Å². The van der Waals surface area contributed by atoms with Crippen molar-refractivity contribution in [3.63, 3.8) is 0 Å². The Morgan fingerprint density at radius 1 is 1.34 bits per heavy atom. The van der Waals surface area contributed by atoms with Crippen LogP contribution in [0.4, 0.5) is 14.6 Å². The van der Waals surface area contributed by atoms with Gasteiger partial charge in [0.15, 0.2) is 11.6 Å². The van der Waals surface area contributed by atoms with Crippen LogP contribution in [0.3, 0.4) is 0 Å². The Morgan fingerprint density at radius 2 is 2.19 bits per heavy atom. The third-order valence-electron chi connectivity index (χ3n) is 5.66. The van der Waals surface area contributed by atoms with Gasteiger partial charge in [0.2, 0.25) is 5.91 Å². The van der Waals surface area contributed by atoms with Crippen molar-refractivity contribution < 1.29 is 18.3 Å². The number of anilines is 1. The van der Waals surface area contributed by atoms with Crippen LogP contribution in [0.2, 0.25) is 0 Å². The van der Waals surface area contributed by atoms with Gasteiger partial charge in [0.25, 0.3) is 0 Å². The maximum absolute atomic E-state index is 13.6. The third kappa shape index (κ3) is 4.21. The van der Waals surface area contributed by atoms with Gasteiger partial charge in [-0.3, -0.25) is 4.79 Å². The molecule has 164 valence electrons. The number of ether oxygens (including phenoxy) is 1. The monoisotopic (exact) mass is 437 g/mol. The number of fused-ring (bicyclic) bond motifs is 1. The molecule has 32 heavy (non-hydrogen) atoms. The maximum atomic E-state index is 13.6. The van der Waals surface area contributed by atoms with Gasteiger partial charge in [-0.1, -0.05) is 18.1 Å². The molecule has 3 heterocycles. The summed E-state index contributed by atoms with van der Waals surface area (Å²) in [5.41, 5.74) is 1.26. The molecule has 0 radical (unpaired) electrons. The molecule has 1 aromatic carbocycles. The topological polar surface area (TPSA) is 83.1 Å². The van der Waals surface area contributed by atoms with E-state index in [4.69, 9.17) is 4.74 Å². The van der Waals surface area contributed by atoms with E-state index in [1.165, 1.54) is 12.4 Å². The lowest BCUT2D eigenvalue weighted by atomic mass is 10.2. The summed E-state index contributed by atoms with van der Waals surface area (Å²) in [7, 11) is 0. The van der Waals surface area contributed by atoms with E-state index in [1.807, 2.05) is 6.07 Å². The van der Waals surface area contributed by atoms with Crippen LogP contribution >= 0.6 is 0 Å². The van der Waals surface area contributed by atoms with Crippen molar-refractivity contribution in [2.45, 2.75) is 25.1 Å². The van der Waals surface area contributed by atoms with Crippen LogP contribution < -0.4 is 10.1 Å². The second-order valence-corrected chi connectivity index (χ2v) is 7.96. The summed E-state index contributed by atoms with van der Waals surface area (Å²) in [4.78, 5) is 25.7. The highest BCUT2D eigenvalue weighted by Gasteiger charge is 2.46. The standard InChI is InChI=1S/C23H21F2N5O2/c24-18-5-1-2-6-20(18)32-9-3-4-14-10-17-21(28-14)26-13-27-22(17)29-15-7-8-30(12-15)23(31)16-11-19(16)25/h1-2,5-6,10,13,15-16,19H,7-9,11-12H2,(H2,26,27,28,29)/t15-,16+,19-/m1/s1. The van der Waals surface area contributed by atoms with Gasteiger partial charge in [-0.2, -0.15) is 0 Å². The molecule has 1 amide bonds. The Labute approximate surface area is 183 Å². The number of aromatic amines is 1. The average Bonchev–Trinajstić information content (AvgIpc) is 3.16. The number of likely N-dealkylation sites (tertiary alicyclic amines) is 1. The number of carbonyl (C=O) groups excluding carboxylic acids is 1. The van der Waals surface area contributed by atoms with Crippen molar-refractivity contribution in [3.05, 3.63) is 48.2 Å². The molecule has 2 aliphatic rings. The first-order valence-corrected chi connectivity index (χ1v) is 10.5. The number of amides is 1. The summed E-state index contributed by atoms with van der Waals surface area (Å²) < 4.78 is 32.1. The second-order valence-electron chi connectivity index (χ2n) is 7.96. The van der Waals surface area contributed by atoms with Crippen LogP contribution in [-0.2, 0) is 4.79 Å². The second kappa shape index (κ2) is 8.46. The fraction of sp³-hybridized carbons (Fsp3) is 0.348. The van der Waals surface area contributed by atoms with Gasteiger partial charge in [-0.15, -0.1) is 0 Å². The van der Waals surface area contributed by atoms with E-state index in [2.05, 4.69) is 32.1 Å². The molecule has 1 aliphatic heterocycles. The van der Waals surface area contributed by atoms with Gasteiger partial charge in [0, 0.05) is 19.1 Å². The Hall–Kier alpha value is -3.67. The summed E-state index contributed by atoms with van der Waals surface area (Å²) in [6, 6.07) is 8.04. The number of rotatable bonds is 5. The predicted octanol–water partition coefficient (Wildman–Crippen LogP) is 2.90. The van der Waals surface area contributed by atoms with E-state index in [9.17, 15) is 13.6 Å². The van der Waals surface area contributed by atoms with Gasteiger partial charge in [0.1, 0.15) is 30.6 Å². The van der Waals surface area contributed by atoms with Crippen molar-refractivity contribution in [2.24, 2.45) is 5.92 Å². The smallest absolute Gasteiger partial charge is 0.228 e. The first kappa shape index (κ1) is 20.2. The SMILES string of the molecule is O=C([C@H]1C[C@H]1F)N1CC[C@@H](Nc2ncnc3[nH]c(C#CCOc4ccccc4F)cc23)C1. The number of hydrogen-bond acceptors (Lipinski definition) is 5. The van der Waals surface area contributed by atoms with Gasteiger partial charge in [-0.25, -0.2) is 18.7 Å². The van der Waals surface area contributed by atoms with Crippen LogP contribution in [0.25, 0.3) is 11.0 Å². The number of nitrogens with one attached hydrogen (secondary N) is 2. The van der Waals surface area contributed by atoms with E-state index >= 15 is 0 Å². The Balaban J connectivity index is 1.23. The molecule has 3 atom stereocenters. The molecule has 1 aliphatic carbocycles. The van der Waals surface area contributed by atoms with E-state index in [0.717, 1.165) is 11.8 Å². The zero-order valence-corrected chi connectivity index (χ0v) is 17.1. The van der Waals surface area contributed by atoms with Crippen molar-refractivity contribution >= 4 is 22.8 Å². The van der Waals surface area contributed by atoms with Gasteiger partial charge in [-0.05, 0) is 37.0 Å². The molecule has 2 N–H and O–H groups in total. The molecule has 9 heteroatoms. The summed E-state index contributed by atoms with van der Waals surface area (Å²) >= 11 is 0. The maximum Gasteiger partial charge on any atom is 0.228 e. The van der Waals surface area contributed by atoms with Crippen molar-refractivity contribution in [1.29, 1.82) is 0 Å². The normalized spacial score (nSPS) is 21.8. The van der Waals surface area contributed by atoms with E-state index in [0.29, 0.717) is 36.7 Å². The number of nitrogens with zero attached hydrogens (tertiary/aromatic N) is 3. The quantitative estimate of drug-likeness (QED) is 0.600. The fourth-order valence-electron chi connectivity index (χ4n) is 3.85. The number of halogens is 2. The molecule has 2 fully saturated rings. The van der Waals surface area contributed by atoms with Crippen LogP contribution in [0.5, 0.6) is 5.75 Å². The number of alkyl halides is 1. The fourth-order valence-corrected chi connectivity index (χ4v) is 3.85. The van der Waals surface area contributed by atoms with Gasteiger partial charge >= 0.3 is 0 Å². The highest BCUT2D eigenvalue weighted by molar-refractivity contribution is 5.88. The Kier molecular flexibility index (Phi) is 5.35. The van der Waals surface area contributed by atoms with Crippen molar-refractivity contribution in [2.75, 3.05) is 25.0 Å². The zero-order chi connectivity index (χ0) is 22.1. The lowest BCUT2D eigenvalue weighted by Crippen LogP contribution is -2.33. The molecule has 1 saturated carbocycles. The molecular formula is C23H21F2N5O2. The Bertz CT molecular complexity index is 1220. The summed E-state index contributed by atoms with van der Waals surface area (Å²) in [6.45, 7) is 1.18. The largest absolute Gasteiger partial charge is 0.478 e. The minimum atomic E-state index is -0.979. The van der Waals surface area contributed by atoms with Gasteiger partial charge in [0.05, 0.1) is 17.0 Å². The summed E-state index contributed by atoms with van der Waals surface area (Å²) in [5, 5.41) is 4.15. The first-order chi connectivity index (χ1) is 15.6. The molecule has 0 spiro atoms. The summed E-state index contributed by atoms with van der Waals surface area (Å²) in [5.74, 6) is 5.64. The zero-order valence-electron chi connectivity index (χ0n) is 17.1. The molecular weight excluding hydrogens is 416 g/mol. The Morgan fingerprint density at radius 3 is 3.00 bits per heavy atom. The molecule has 0 bridgehead atoms. The van der Waals surface area contributed by atoms with Crippen molar-refractivity contribution in [3.8, 4) is 17.6 Å². The highest BCUT2D eigenvalue weighted by Crippen LogP contribution is 2.36. The lowest BCUT2D eigenvalue weighted by Gasteiger charge is -2.17. The van der Waals surface area contributed by atoms with Gasteiger partial charge < -0.3 is 19.9 Å². The number of H-pyrrole nitrogens is 1. The molecule has 1 saturated heterocycles. The van der Waals surface area contributed by atoms with E-state index in [1.54, 1.807) is 23.1 Å². The average molecular weight is 437 g/mol. The molecule has 0 unspecified atom stereocenters. The number of hydrogen-bond donors (Lipinski definition) is 2. The number of aromatic nitrogens is 3. The minimum absolute atomic E-state index is 0.0347.